The smallest absolute Gasteiger partial charge is 0.251 e. The van der Waals surface area contributed by atoms with Crippen LogP contribution in [0, 0.1) is 5.82 Å². The summed E-state index contributed by atoms with van der Waals surface area (Å²) in [6.07, 6.45) is 0. The minimum absolute atomic E-state index is 0.0358. The van der Waals surface area contributed by atoms with Gasteiger partial charge >= 0.3 is 0 Å². The zero-order valence-electron chi connectivity index (χ0n) is 20.9. The molecule has 8 nitrogen and oxygen atoms in total. The summed E-state index contributed by atoms with van der Waals surface area (Å²) in [6, 6.07) is 18.2. The zero-order valence-corrected chi connectivity index (χ0v) is 22.4. The van der Waals surface area contributed by atoms with E-state index in [1.54, 1.807) is 60.7 Å². The molecule has 38 heavy (non-hydrogen) atoms. The molecule has 1 atom stereocenters. The number of benzene rings is 3. The summed E-state index contributed by atoms with van der Waals surface area (Å²) in [5.74, 6) is -1.38. The molecule has 0 radical (unpaired) electrons. The minimum atomic E-state index is -1.06. The second-order valence-corrected chi connectivity index (χ2v) is 10.4. The van der Waals surface area contributed by atoms with E-state index in [1.807, 2.05) is 20.8 Å². The predicted molar refractivity (Wildman–Crippen MR) is 144 cm³/mol. The molecule has 1 heterocycles. The standard InChI is InChI=1S/C27H25Cl2FN6O2/c1-27(2,3)31-26(38)24(17-8-10-18(28)11-9-17)36(20-14-12-19(29)13-15-20)23(37)16-35-33-25(32-34-35)21-6-4-5-7-22(21)30/h4-15,24H,16H2,1-3H3,(H,31,38)/t24-/m0/s1. The Morgan fingerprint density at radius 1 is 0.974 bits per heavy atom. The number of rotatable bonds is 7. The van der Waals surface area contributed by atoms with E-state index in [-0.39, 0.29) is 17.9 Å². The number of carbonyl (C=O) groups excluding carboxylic acids is 2. The maximum atomic E-state index is 14.2. The van der Waals surface area contributed by atoms with Crippen LogP contribution >= 0.6 is 23.2 Å². The third kappa shape index (κ3) is 6.54. The molecule has 0 saturated heterocycles. The maximum Gasteiger partial charge on any atom is 0.251 e. The number of aromatic nitrogens is 4. The van der Waals surface area contributed by atoms with Crippen molar-refractivity contribution in [3.05, 3.63) is 94.2 Å². The molecular formula is C27H25Cl2FN6O2. The minimum Gasteiger partial charge on any atom is -0.349 e. The average Bonchev–Trinajstić information content (AvgIpc) is 3.31. The Hall–Kier alpha value is -3.82. The first-order valence-corrected chi connectivity index (χ1v) is 12.5. The van der Waals surface area contributed by atoms with E-state index in [0.29, 0.717) is 21.3 Å². The molecule has 4 rings (SSSR count). The topological polar surface area (TPSA) is 93.0 Å². The largest absolute Gasteiger partial charge is 0.349 e. The van der Waals surface area contributed by atoms with Crippen molar-refractivity contribution < 1.29 is 14.0 Å². The van der Waals surface area contributed by atoms with Crippen LogP contribution in [0.2, 0.25) is 10.0 Å². The first-order valence-electron chi connectivity index (χ1n) is 11.7. The number of tetrazole rings is 1. The van der Waals surface area contributed by atoms with Gasteiger partial charge in [-0.2, -0.15) is 4.80 Å². The van der Waals surface area contributed by atoms with Gasteiger partial charge in [-0.15, -0.1) is 10.2 Å². The van der Waals surface area contributed by atoms with Crippen LogP contribution in [0.25, 0.3) is 11.4 Å². The normalized spacial score (nSPS) is 12.2. The molecule has 0 fully saturated rings. The van der Waals surface area contributed by atoms with E-state index in [2.05, 4.69) is 20.7 Å². The molecule has 1 N–H and O–H groups in total. The molecule has 11 heteroatoms. The highest BCUT2D eigenvalue weighted by atomic mass is 35.5. The van der Waals surface area contributed by atoms with Gasteiger partial charge in [0, 0.05) is 21.3 Å². The third-order valence-electron chi connectivity index (χ3n) is 5.41. The van der Waals surface area contributed by atoms with Gasteiger partial charge in [0.05, 0.1) is 5.56 Å². The highest BCUT2D eigenvalue weighted by Gasteiger charge is 2.35. The number of anilines is 1. The summed E-state index contributed by atoms with van der Waals surface area (Å²) < 4.78 is 14.2. The molecule has 0 saturated carbocycles. The summed E-state index contributed by atoms with van der Waals surface area (Å²) in [6.45, 7) is 5.18. The highest BCUT2D eigenvalue weighted by molar-refractivity contribution is 6.31. The van der Waals surface area contributed by atoms with Gasteiger partial charge < -0.3 is 5.32 Å². The van der Waals surface area contributed by atoms with Gasteiger partial charge in [-0.25, -0.2) is 4.39 Å². The van der Waals surface area contributed by atoms with Crippen LogP contribution < -0.4 is 10.2 Å². The lowest BCUT2D eigenvalue weighted by molar-refractivity contribution is -0.128. The van der Waals surface area contributed by atoms with Gasteiger partial charge in [0.15, 0.2) is 0 Å². The molecule has 1 aromatic heterocycles. The molecule has 0 aliphatic rings. The number of carbonyl (C=O) groups is 2. The fraction of sp³-hybridized carbons (Fsp3) is 0.222. The molecule has 0 aliphatic heterocycles. The molecule has 0 bridgehead atoms. The fourth-order valence-electron chi connectivity index (χ4n) is 3.80. The van der Waals surface area contributed by atoms with Gasteiger partial charge in [0.2, 0.25) is 11.7 Å². The van der Waals surface area contributed by atoms with Gasteiger partial charge in [-0.1, -0.05) is 47.5 Å². The summed E-state index contributed by atoms with van der Waals surface area (Å²) in [5, 5.41) is 15.9. The molecular weight excluding hydrogens is 530 g/mol. The quantitative estimate of drug-likeness (QED) is 0.326. The highest BCUT2D eigenvalue weighted by Crippen LogP contribution is 2.31. The second kappa shape index (κ2) is 11.3. The summed E-state index contributed by atoms with van der Waals surface area (Å²) in [5.41, 5.74) is 0.554. The van der Waals surface area contributed by atoms with E-state index in [1.165, 1.54) is 17.0 Å². The third-order valence-corrected chi connectivity index (χ3v) is 5.91. The number of amides is 2. The lowest BCUT2D eigenvalue weighted by Gasteiger charge is -2.33. The molecule has 3 aromatic carbocycles. The fourth-order valence-corrected chi connectivity index (χ4v) is 4.05. The van der Waals surface area contributed by atoms with Crippen molar-refractivity contribution in [1.29, 1.82) is 0 Å². The van der Waals surface area contributed by atoms with Crippen molar-refractivity contribution in [2.45, 2.75) is 38.9 Å². The summed E-state index contributed by atoms with van der Waals surface area (Å²) in [7, 11) is 0. The van der Waals surface area contributed by atoms with Crippen LogP contribution in [0.5, 0.6) is 0 Å². The maximum absolute atomic E-state index is 14.2. The van der Waals surface area contributed by atoms with Crippen LogP contribution in [-0.2, 0) is 16.1 Å². The number of hydrogen-bond acceptors (Lipinski definition) is 5. The Morgan fingerprint density at radius 3 is 2.18 bits per heavy atom. The monoisotopic (exact) mass is 554 g/mol. The number of nitrogens with one attached hydrogen (secondary N) is 1. The Labute approximate surface area is 229 Å². The second-order valence-electron chi connectivity index (χ2n) is 9.56. The summed E-state index contributed by atoms with van der Waals surface area (Å²) in [4.78, 5) is 29.9. The first-order chi connectivity index (χ1) is 18.0. The number of nitrogens with zero attached hydrogens (tertiary/aromatic N) is 5. The van der Waals surface area contributed by atoms with Crippen molar-refractivity contribution in [1.82, 2.24) is 25.5 Å². The van der Waals surface area contributed by atoms with Crippen molar-refractivity contribution >= 4 is 40.7 Å². The molecule has 0 aliphatic carbocycles. The SMILES string of the molecule is CC(C)(C)NC(=O)[C@H](c1ccc(Cl)cc1)N(C(=O)Cn1nnc(-c2ccccc2F)n1)c1ccc(Cl)cc1. The Bertz CT molecular complexity index is 1440. The Kier molecular flexibility index (Phi) is 8.08. The Morgan fingerprint density at radius 2 is 1.58 bits per heavy atom. The average molecular weight is 555 g/mol. The van der Waals surface area contributed by atoms with E-state index < -0.39 is 29.2 Å². The van der Waals surface area contributed by atoms with Crippen LogP contribution in [-0.4, -0.2) is 37.6 Å². The number of halogens is 3. The first kappa shape index (κ1) is 27.2. The Balaban J connectivity index is 1.75. The predicted octanol–water partition coefficient (Wildman–Crippen LogP) is 5.48. The van der Waals surface area contributed by atoms with Gasteiger partial charge in [-0.3, -0.25) is 14.5 Å². The van der Waals surface area contributed by atoms with Gasteiger partial charge in [0.25, 0.3) is 5.91 Å². The zero-order chi connectivity index (χ0) is 27.4. The van der Waals surface area contributed by atoms with Crippen LogP contribution in [0.1, 0.15) is 32.4 Å². The van der Waals surface area contributed by atoms with Crippen molar-refractivity contribution in [3.8, 4) is 11.4 Å². The van der Waals surface area contributed by atoms with Gasteiger partial charge in [0.1, 0.15) is 18.4 Å². The lowest BCUT2D eigenvalue weighted by atomic mass is 10.0. The molecule has 2 amide bonds. The van der Waals surface area contributed by atoms with E-state index in [0.717, 1.165) is 4.80 Å². The van der Waals surface area contributed by atoms with Crippen molar-refractivity contribution in [2.75, 3.05) is 4.90 Å². The molecule has 0 spiro atoms. The molecule has 0 unspecified atom stereocenters. The van der Waals surface area contributed by atoms with Crippen molar-refractivity contribution in [2.24, 2.45) is 0 Å². The van der Waals surface area contributed by atoms with Crippen molar-refractivity contribution in [3.63, 3.8) is 0 Å². The van der Waals surface area contributed by atoms with E-state index >= 15 is 0 Å². The summed E-state index contributed by atoms with van der Waals surface area (Å²) >= 11 is 12.2. The van der Waals surface area contributed by atoms with Crippen LogP contribution in [0.15, 0.2) is 72.8 Å². The van der Waals surface area contributed by atoms with Crippen LogP contribution in [0.4, 0.5) is 10.1 Å². The molecule has 196 valence electrons. The van der Waals surface area contributed by atoms with Gasteiger partial charge in [-0.05, 0) is 80.1 Å². The number of hydrogen-bond donors (Lipinski definition) is 1. The van der Waals surface area contributed by atoms with E-state index in [4.69, 9.17) is 23.2 Å². The lowest BCUT2D eigenvalue weighted by Crippen LogP contribution is -2.50. The van der Waals surface area contributed by atoms with E-state index in [9.17, 15) is 14.0 Å². The molecule has 4 aromatic rings. The van der Waals surface area contributed by atoms with Crippen LogP contribution in [0.3, 0.4) is 0 Å².